The summed E-state index contributed by atoms with van der Waals surface area (Å²) in [6, 6.07) is 8.03. The summed E-state index contributed by atoms with van der Waals surface area (Å²) < 4.78 is 0. The fraction of sp³-hybridized carbons (Fsp3) is 0.500. The Morgan fingerprint density at radius 3 is 2.39 bits per heavy atom. The van der Waals surface area contributed by atoms with Crippen molar-refractivity contribution in [2.45, 2.75) is 13.8 Å². The van der Waals surface area contributed by atoms with Gasteiger partial charge in [0.15, 0.2) is 5.96 Å². The minimum Gasteiger partial charge on any atom is -0.370 e. The van der Waals surface area contributed by atoms with E-state index in [1.165, 1.54) is 5.56 Å². The third-order valence-electron chi connectivity index (χ3n) is 3.84. The Morgan fingerprint density at radius 2 is 1.83 bits per heavy atom. The molecule has 0 saturated carbocycles. The van der Waals surface area contributed by atoms with Crippen LogP contribution in [0.2, 0.25) is 0 Å². The fourth-order valence-electron chi connectivity index (χ4n) is 2.42. The molecule has 0 bridgehead atoms. The summed E-state index contributed by atoms with van der Waals surface area (Å²) in [6.07, 6.45) is 0. The van der Waals surface area contributed by atoms with Gasteiger partial charge in [-0.05, 0) is 19.1 Å². The van der Waals surface area contributed by atoms with Gasteiger partial charge in [0.25, 0.3) is 0 Å². The molecule has 0 aliphatic carbocycles. The molecular weight excluding hydrogens is 405 g/mol. The van der Waals surface area contributed by atoms with Crippen molar-refractivity contribution >= 4 is 41.5 Å². The zero-order valence-corrected chi connectivity index (χ0v) is 16.1. The van der Waals surface area contributed by atoms with E-state index in [0.29, 0.717) is 12.5 Å². The number of hydrogen-bond donors (Lipinski definition) is 2. The van der Waals surface area contributed by atoms with Gasteiger partial charge in [0.1, 0.15) is 0 Å². The number of anilines is 1. The quantitative estimate of drug-likeness (QED) is 0.431. The molecule has 1 fully saturated rings. The average Bonchev–Trinajstić information content (AvgIpc) is 2.50. The molecule has 1 saturated heterocycles. The molecule has 7 heteroatoms. The third-order valence-corrected chi connectivity index (χ3v) is 3.84. The summed E-state index contributed by atoms with van der Waals surface area (Å²) in [7, 11) is 0. The van der Waals surface area contributed by atoms with Gasteiger partial charge in [0, 0.05) is 45.3 Å². The largest absolute Gasteiger partial charge is 0.370 e. The fourth-order valence-corrected chi connectivity index (χ4v) is 2.42. The minimum atomic E-state index is 0. The van der Waals surface area contributed by atoms with Gasteiger partial charge in [-0.15, -0.1) is 24.0 Å². The lowest BCUT2D eigenvalue weighted by atomic mass is 10.2. The van der Waals surface area contributed by atoms with Crippen LogP contribution in [0.15, 0.2) is 29.3 Å². The summed E-state index contributed by atoms with van der Waals surface area (Å²) >= 11 is 0. The second-order valence-corrected chi connectivity index (χ2v) is 5.61. The van der Waals surface area contributed by atoms with Gasteiger partial charge in [-0.1, -0.05) is 17.7 Å². The van der Waals surface area contributed by atoms with Crippen molar-refractivity contribution < 1.29 is 4.79 Å². The van der Waals surface area contributed by atoms with E-state index in [1.807, 2.05) is 36.1 Å². The Labute approximate surface area is 155 Å². The number of aliphatic imine (C=N–C) groups is 1. The van der Waals surface area contributed by atoms with Crippen molar-refractivity contribution in [1.82, 2.24) is 9.80 Å². The van der Waals surface area contributed by atoms with E-state index in [2.05, 4.69) is 15.2 Å². The highest BCUT2D eigenvalue weighted by molar-refractivity contribution is 14.0. The molecule has 2 rings (SSSR count). The number of benzene rings is 1. The van der Waals surface area contributed by atoms with Crippen molar-refractivity contribution in [1.29, 1.82) is 0 Å². The van der Waals surface area contributed by atoms with Crippen LogP contribution in [0.5, 0.6) is 0 Å². The van der Waals surface area contributed by atoms with Crippen LogP contribution in [0.3, 0.4) is 0 Å². The molecule has 6 nitrogen and oxygen atoms in total. The second-order valence-electron chi connectivity index (χ2n) is 5.61. The predicted octanol–water partition coefficient (Wildman–Crippen LogP) is 1.50. The van der Waals surface area contributed by atoms with Crippen molar-refractivity contribution in [3.05, 3.63) is 29.8 Å². The lowest BCUT2D eigenvalue weighted by Gasteiger charge is -2.33. The van der Waals surface area contributed by atoms with Crippen molar-refractivity contribution in [3.8, 4) is 0 Å². The number of halogens is 1. The van der Waals surface area contributed by atoms with Crippen LogP contribution in [-0.4, -0.2) is 60.9 Å². The molecule has 0 unspecified atom stereocenters. The van der Waals surface area contributed by atoms with Crippen LogP contribution >= 0.6 is 24.0 Å². The Balaban J connectivity index is 0.00000264. The number of nitrogens with one attached hydrogen (secondary N) is 1. The number of nitrogens with zero attached hydrogens (tertiary/aromatic N) is 3. The molecule has 0 radical (unpaired) electrons. The van der Waals surface area contributed by atoms with Crippen molar-refractivity contribution in [2.75, 3.05) is 44.6 Å². The number of guanidine groups is 1. The number of carbonyl (C=O) groups excluding carboxylic acids is 1. The summed E-state index contributed by atoms with van der Waals surface area (Å²) in [5.41, 5.74) is 8.05. The first-order chi connectivity index (χ1) is 10.5. The van der Waals surface area contributed by atoms with E-state index in [1.54, 1.807) is 6.92 Å². The number of amides is 1. The van der Waals surface area contributed by atoms with E-state index in [4.69, 9.17) is 5.73 Å². The van der Waals surface area contributed by atoms with Crippen LogP contribution in [0.1, 0.15) is 12.5 Å². The molecule has 1 heterocycles. The van der Waals surface area contributed by atoms with E-state index in [9.17, 15) is 4.79 Å². The van der Waals surface area contributed by atoms with Crippen molar-refractivity contribution in [2.24, 2.45) is 10.7 Å². The molecule has 0 aromatic heterocycles. The second kappa shape index (κ2) is 9.71. The molecule has 23 heavy (non-hydrogen) atoms. The normalized spacial score (nSPS) is 15.9. The highest BCUT2D eigenvalue weighted by Gasteiger charge is 2.17. The summed E-state index contributed by atoms with van der Waals surface area (Å²) in [6.45, 7) is 8.60. The molecule has 1 amide bonds. The van der Waals surface area contributed by atoms with E-state index < -0.39 is 0 Å². The Hall–Kier alpha value is -1.35. The monoisotopic (exact) mass is 431 g/mol. The molecule has 1 aliphatic rings. The van der Waals surface area contributed by atoms with Gasteiger partial charge in [-0.25, -0.2) is 0 Å². The Kier molecular flexibility index (Phi) is 8.32. The first-order valence-electron chi connectivity index (χ1n) is 7.66. The molecular formula is C16H26IN5O. The molecule has 1 aromatic rings. The van der Waals surface area contributed by atoms with E-state index >= 15 is 0 Å². The summed E-state index contributed by atoms with van der Waals surface area (Å²) in [4.78, 5) is 19.8. The lowest BCUT2D eigenvalue weighted by Crippen LogP contribution is -2.48. The standard InChI is InChI=1S/C16H25N5O.HI/c1-13-3-5-15(6-4-13)19-16(17)18-7-8-20-9-11-21(12-10-20)14(2)22;/h3-6H,7-12H2,1-2H3,(H3,17,18,19);1H. The SMILES string of the molecule is CC(=O)N1CCN(CCN=C(N)Nc2ccc(C)cc2)CC1.I. The maximum Gasteiger partial charge on any atom is 0.219 e. The van der Waals surface area contributed by atoms with Crippen LogP contribution in [0.25, 0.3) is 0 Å². The summed E-state index contributed by atoms with van der Waals surface area (Å²) in [5, 5.41) is 3.09. The number of nitrogens with two attached hydrogens (primary N) is 1. The third kappa shape index (κ3) is 6.74. The number of rotatable bonds is 4. The molecule has 1 aromatic carbocycles. The summed E-state index contributed by atoms with van der Waals surface area (Å²) in [5.74, 6) is 0.593. The lowest BCUT2D eigenvalue weighted by molar-refractivity contribution is -0.130. The molecule has 0 spiro atoms. The van der Waals surface area contributed by atoms with Gasteiger partial charge in [-0.2, -0.15) is 0 Å². The number of aryl methyl sites for hydroxylation is 1. The average molecular weight is 431 g/mol. The molecule has 3 N–H and O–H groups in total. The number of carbonyl (C=O) groups is 1. The highest BCUT2D eigenvalue weighted by Crippen LogP contribution is 2.07. The van der Waals surface area contributed by atoms with Gasteiger partial charge in [-0.3, -0.25) is 14.7 Å². The van der Waals surface area contributed by atoms with Crippen molar-refractivity contribution in [3.63, 3.8) is 0 Å². The predicted molar refractivity (Wildman–Crippen MR) is 105 cm³/mol. The maximum atomic E-state index is 11.3. The zero-order chi connectivity index (χ0) is 15.9. The Bertz CT molecular complexity index is 524. The van der Waals surface area contributed by atoms with Gasteiger partial charge in [0.2, 0.25) is 5.91 Å². The smallest absolute Gasteiger partial charge is 0.219 e. The maximum absolute atomic E-state index is 11.3. The van der Waals surface area contributed by atoms with E-state index in [0.717, 1.165) is 38.4 Å². The zero-order valence-electron chi connectivity index (χ0n) is 13.8. The minimum absolute atomic E-state index is 0. The van der Waals surface area contributed by atoms with Crippen LogP contribution in [0, 0.1) is 6.92 Å². The molecule has 128 valence electrons. The van der Waals surface area contributed by atoms with Crippen LogP contribution in [0.4, 0.5) is 5.69 Å². The molecule has 1 aliphatic heterocycles. The number of piperazine rings is 1. The molecule has 0 atom stereocenters. The highest BCUT2D eigenvalue weighted by atomic mass is 127. The van der Waals surface area contributed by atoms with E-state index in [-0.39, 0.29) is 29.9 Å². The van der Waals surface area contributed by atoms with Gasteiger partial charge >= 0.3 is 0 Å². The van der Waals surface area contributed by atoms with Crippen LogP contribution in [-0.2, 0) is 4.79 Å². The number of hydrogen-bond acceptors (Lipinski definition) is 3. The van der Waals surface area contributed by atoms with Gasteiger partial charge < -0.3 is 16.0 Å². The van der Waals surface area contributed by atoms with Crippen LogP contribution < -0.4 is 11.1 Å². The van der Waals surface area contributed by atoms with Gasteiger partial charge in [0.05, 0.1) is 6.54 Å². The topological polar surface area (TPSA) is 74.0 Å². The first kappa shape index (κ1) is 19.7. The Morgan fingerprint density at radius 1 is 1.22 bits per heavy atom. The first-order valence-corrected chi connectivity index (χ1v) is 7.66.